The van der Waals surface area contributed by atoms with E-state index >= 15 is 0 Å². The van der Waals surface area contributed by atoms with Gasteiger partial charge in [-0.25, -0.2) is 0 Å². The van der Waals surface area contributed by atoms with E-state index in [1.807, 2.05) is 19.9 Å². The van der Waals surface area contributed by atoms with Crippen molar-refractivity contribution in [3.63, 3.8) is 0 Å². The predicted molar refractivity (Wildman–Crippen MR) is 57.2 cm³/mol. The standard InChI is InChI=1S/C12H16O3/c1-3-14-11-7-5-9-4-6-10(13)8(2)12(9)15-11/h4,6,11,13H,3,5,7H2,1-2H3. The minimum Gasteiger partial charge on any atom is -0.508 e. The molecule has 1 aromatic rings. The quantitative estimate of drug-likeness (QED) is 0.811. The van der Waals surface area contributed by atoms with Gasteiger partial charge in [0.05, 0.1) is 0 Å². The van der Waals surface area contributed by atoms with Crippen LogP contribution in [0, 0.1) is 6.92 Å². The number of hydrogen-bond donors (Lipinski definition) is 1. The number of aromatic hydroxyl groups is 1. The van der Waals surface area contributed by atoms with Gasteiger partial charge in [0.25, 0.3) is 0 Å². The molecular formula is C12H16O3. The monoisotopic (exact) mass is 208 g/mol. The fourth-order valence-electron chi connectivity index (χ4n) is 1.87. The molecule has 1 aliphatic heterocycles. The first kappa shape index (κ1) is 10.3. The zero-order chi connectivity index (χ0) is 10.8. The Labute approximate surface area is 89.6 Å². The Morgan fingerprint density at radius 3 is 3.07 bits per heavy atom. The third kappa shape index (κ3) is 1.92. The van der Waals surface area contributed by atoms with Crippen LogP contribution in [-0.2, 0) is 11.2 Å². The van der Waals surface area contributed by atoms with Crippen molar-refractivity contribution in [3.8, 4) is 11.5 Å². The number of phenols is 1. The van der Waals surface area contributed by atoms with Crippen molar-refractivity contribution < 1.29 is 14.6 Å². The SMILES string of the molecule is CCOC1CCc2ccc(O)c(C)c2O1. The molecule has 1 N–H and O–H groups in total. The van der Waals surface area contributed by atoms with Gasteiger partial charge in [0.2, 0.25) is 0 Å². The van der Waals surface area contributed by atoms with Crippen LogP contribution in [0.4, 0.5) is 0 Å². The van der Waals surface area contributed by atoms with E-state index in [2.05, 4.69) is 0 Å². The lowest BCUT2D eigenvalue weighted by atomic mass is 10.0. The molecule has 0 spiro atoms. The fraction of sp³-hybridized carbons (Fsp3) is 0.500. The van der Waals surface area contributed by atoms with Gasteiger partial charge in [-0.3, -0.25) is 0 Å². The van der Waals surface area contributed by atoms with Crippen LogP contribution < -0.4 is 4.74 Å². The van der Waals surface area contributed by atoms with E-state index < -0.39 is 0 Å². The molecule has 1 atom stereocenters. The molecule has 0 amide bonds. The van der Waals surface area contributed by atoms with E-state index in [0.29, 0.717) is 6.61 Å². The van der Waals surface area contributed by atoms with Crippen LogP contribution in [0.3, 0.4) is 0 Å². The Morgan fingerprint density at radius 2 is 2.33 bits per heavy atom. The van der Waals surface area contributed by atoms with Crippen molar-refractivity contribution in [3.05, 3.63) is 23.3 Å². The van der Waals surface area contributed by atoms with E-state index in [4.69, 9.17) is 9.47 Å². The fourth-order valence-corrected chi connectivity index (χ4v) is 1.87. The molecule has 1 unspecified atom stereocenters. The molecule has 2 rings (SSSR count). The lowest BCUT2D eigenvalue weighted by Gasteiger charge is -2.27. The summed E-state index contributed by atoms with van der Waals surface area (Å²) in [7, 11) is 0. The minimum absolute atomic E-state index is 0.164. The summed E-state index contributed by atoms with van der Waals surface area (Å²) in [5.41, 5.74) is 1.96. The van der Waals surface area contributed by atoms with Gasteiger partial charge in [-0.1, -0.05) is 6.07 Å². The Bertz CT molecular complexity index is 360. The van der Waals surface area contributed by atoms with Crippen LogP contribution in [0.15, 0.2) is 12.1 Å². The van der Waals surface area contributed by atoms with Crippen molar-refractivity contribution in [2.24, 2.45) is 0 Å². The zero-order valence-corrected chi connectivity index (χ0v) is 9.12. The Kier molecular flexibility index (Phi) is 2.82. The van der Waals surface area contributed by atoms with Gasteiger partial charge < -0.3 is 14.6 Å². The summed E-state index contributed by atoms with van der Waals surface area (Å²) in [6.07, 6.45) is 1.66. The molecule has 1 heterocycles. The highest BCUT2D eigenvalue weighted by Gasteiger charge is 2.22. The molecule has 0 saturated heterocycles. The van der Waals surface area contributed by atoms with Gasteiger partial charge in [0, 0.05) is 18.6 Å². The molecule has 0 aromatic heterocycles. The van der Waals surface area contributed by atoms with Crippen molar-refractivity contribution in [1.82, 2.24) is 0 Å². The first-order valence-electron chi connectivity index (χ1n) is 5.32. The summed E-state index contributed by atoms with van der Waals surface area (Å²) in [5.74, 6) is 1.07. The van der Waals surface area contributed by atoms with Crippen molar-refractivity contribution in [2.45, 2.75) is 33.0 Å². The third-order valence-corrected chi connectivity index (χ3v) is 2.71. The summed E-state index contributed by atoms with van der Waals surface area (Å²) in [5, 5.41) is 9.57. The van der Waals surface area contributed by atoms with Crippen LogP contribution in [-0.4, -0.2) is 18.0 Å². The molecule has 3 nitrogen and oxygen atoms in total. The lowest BCUT2D eigenvalue weighted by Crippen LogP contribution is -2.26. The predicted octanol–water partition coefficient (Wildman–Crippen LogP) is 2.39. The van der Waals surface area contributed by atoms with Gasteiger partial charge in [0.15, 0.2) is 6.29 Å². The van der Waals surface area contributed by atoms with Gasteiger partial charge >= 0.3 is 0 Å². The summed E-state index contributed by atoms with van der Waals surface area (Å²) in [6.45, 7) is 4.47. The van der Waals surface area contributed by atoms with Crippen LogP contribution in [0.1, 0.15) is 24.5 Å². The van der Waals surface area contributed by atoms with Crippen molar-refractivity contribution in [2.75, 3.05) is 6.61 Å². The number of phenolic OH excluding ortho intramolecular Hbond substituents is 1. The third-order valence-electron chi connectivity index (χ3n) is 2.71. The first-order chi connectivity index (χ1) is 7.22. The van der Waals surface area contributed by atoms with Crippen molar-refractivity contribution in [1.29, 1.82) is 0 Å². The Morgan fingerprint density at radius 1 is 1.53 bits per heavy atom. The van der Waals surface area contributed by atoms with Crippen LogP contribution >= 0.6 is 0 Å². The summed E-state index contributed by atoms with van der Waals surface area (Å²) in [6, 6.07) is 3.64. The number of ether oxygens (including phenoxy) is 2. The molecule has 0 radical (unpaired) electrons. The molecule has 0 bridgehead atoms. The molecule has 0 fully saturated rings. The van der Waals surface area contributed by atoms with E-state index in [9.17, 15) is 5.11 Å². The number of fused-ring (bicyclic) bond motifs is 1. The molecule has 1 aromatic carbocycles. The summed E-state index contributed by atoms with van der Waals surface area (Å²) in [4.78, 5) is 0. The maximum absolute atomic E-state index is 9.57. The lowest BCUT2D eigenvalue weighted by molar-refractivity contribution is -0.0865. The van der Waals surface area contributed by atoms with Gasteiger partial charge in [-0.05, 0) is 31.9 Å². The normalized spacial score (nSPS) is 19.5. The maximum Gasteiger partial charge on any atom is 0.200 e. The second-order valence-electron chi connectivity index (χ2n) is 3.74. The van der Waals surface area contributed by atoms with E-state index in [1.54, 1.807) is 6.07 Å². The topological polar surface area (TPSA) is 38.7 Å². The van der Waals surface area contributed by atoms with E-state index in [1.165, 1.54) is 0 Å². The Hall–Kier alpha value is -1.22. The van der Waals surface area contributed by atoms with Gasteiger partial charge in [-0.2, -0.15) is 0 Å². The molecule has 3 heteroatoms. The van der Waals surface area contributed by atoms with Crippen LogP contribution in [0.5, 0.6) is 11.5 Å². The van der Waals surface area contributed by atoms with Gasteiger partial charge in [-0.15, -0.1) is 0 Å². The second-order valence-corrected chi connectivity index (χ2v) is 3.74. The molecule has 15 heavy (non-hydrogen) atoms. The first-order valence-corrected chi connectivity index (χ1v) is 5.32. The minimum atomic E-state index is -0.164. The number of benzene rings is 1. The summed E-state index contributed by atoms with van der Waals surface area (Å²) < 4.78 is 11.1. The molecule has 82 valence electrons. The smallest absolute Gasteiger partial charge is 0.200 e. The molecular weight excluding hydrogens is 192 g/mol. The largest absolute Gasteiger partial charge is 0.508 e. The number of rotatable bonds is 2. The highest BCUT2D eigenvalue weighted by Crippen LogP contribution is 2.35. The average molecular weight is 208 g/mol. The number of aryl methyl sites for hydroxylation is 1. The molecule has 0 saturated carbocycles. The summed E-state index contributed by atoms with van der Waals surface area (Å²) >= 11 is 0. The highest BCUT2D eigenvalue weighted by molar-refractivity contribution is 5.49. The molecule has 0 aliphatic carbocycles. The van der Waals surface area contributed by atoms with E-state index in [0.717, 1.165) is 29.7 Å². The molecule has 1 aliphatic rings. The maximum atomic E-state index is 9.57. The second kappa shape index (κ2) is 4.11. The average Bonchev–Trinajstić information content (AvgIpc) is 2.25. The van der Waals surface area contributed by atoms with Gasteiger partial charge in [0.1, 0.15) is 11.5 Å². The van der Waals surface area contributed by atoms with Crippen LogP contribution in [0.25, 0.3) is 0 Å². The van der Waals surface area contributed by atoms with Crippen molar-refractivity contribution >= 4 is 0 Å². The zero-order valence-electron chi connectivity index (χ0n) is 9.12. The Balaban J connectivity index is 2.27. The van der Waals surface area contributed by atoms with E-state index in [-0.39, 0.29) is 12.0 Å². The highest BCUT2D eigenvalue weighted by atomic mass is 16.7. The van der Waals surface area contributed by atoms with Crippen LogP contribution in [0.2, 0.25) is 0 Å². The number of hydrogen-bond acceptors (Lipinski definition) is 3.